The maximum Gasteiger partial charge on any atom is 0.306 e. The van der Waals surface area contributed by atoms with Crippen molar-refractivity contribution in [2.45, 2.75) is 13.0 Å². The molecule has 6 heteroatoms. The lowest BCUT2D eigenvalue weighted by molar-refractivity contribution is -0.141. The van der Waals surface area contributed by atoms with Crippen LogP contribution < -0.4 is 0 Å². The van der Waals surface area contributed by atoms with Gasteiger partial charge in [0, 0.05) is 39.1 Å². The first-order valence-corrected chi connectivity index (χ1v) is 6.01. The molecule has 0 amide bonds. The molecule has 1 aromatic heterocycles. The first kappa shape index (κ1) is 14.7. The van der Waals surface area contributed by atoms with Gasteiger partial charge in [0.1, 0.15) is 0 Å². The van der Waals surface area contributed by atoms with E-state index in [-0.39, 0.29) is 5.97 Å². The van der Waals surface area contributed by atoms with Crippen LogP contribution >= 0.6 is 0 Å². The third kappa shape index (κ3) is 5.79. The molecular formula is C12H21N3O3. The summed E-state index contributed by atoms with van der Waals surface area (Å²) in [4.78, 5) is 13.3. The van der Waals surface area contributed by atoms with Crippen LogP contribution in [-0.2, 0) is 20.8 Å². The van der Waals surface area contributed by atoms with Crippen LogP contribution in [-0.4, -0.2) is 61.1 Å². The van der Waals surface area contributed by atoms with Crippen LogP contribution in [0.4, 0.5) is 0 Å². The minimum Gasteiger partial charge on any atom is -0.469 e. The average Bonchev–Trinajstić information content (AvgIpc) is 2.90. The molecule has 0 spiro atoms. The normalized spacial score (nSPS) is 10.8. The van der Waals surface area contributed by atoms with Crippen LogP contribution in [0.1, 0.15) is 6.42 Å². The molecule has 0 aromatic carbocycles. The van der Waals surface area contributed by atoms with E-state index in [1.54, 1.807) is 13.3 Å². The van der Waals surface area contributed by atoms with Crippen LogP contribution in [0.25, 0.3) is 0 Å². The van der Waals surface area contributed by atoms with E-state index in [2.05, 4.69) is 14.7 Å². The van der Waals surface area contributed by atoms with E-state index >= 15 is 0 Å². The standard InChI is InChI=1S/C12H21N3O3/c1-17-11-10-14(7-4-12(16)18-2)8-9-15-6-3-5-13-15/h3,5-6H,4,7-11H2,1-2H3. The van der Waals surface area contributed by atoms with Crippen molar-refractivity contribution in [3.63, 3.8) is 0 Å². The summed E-state index contributed by atoms with van der Waals surface area (Å²) in [6.07, 6.45) is 4.09. The number of aromatic nitrogens is 2. The number of nitrogens with zero attached hydrogens (tertiary/aromatic N) is 3. The maximum atomic E-state index is 11.1. The molecule has 0 fully saturated rings. The largest absolute Gasteiger partial charge is 0.469 e. The predicted molar refractivity (Wildman–Crippen MR) is 67.2 cm³/mol. The van der Waals surface area contributed by atoms with E-state index in [4.69, 9.17) is 4.74 Å². The first-order chi connectivity index (χ1) is 8.76. The van der Waals surface area contributed by atoms with Gasteiger partial charge in [0.05, 0.1) is 26.7 Å². The first-order valence-electron chi connectivity index (χ1n) is 6.01. The molecule has 0 saturated heterocycles. The molecule has 0 bridgehead atoms. The molecule has 0 saturated carbocycles. The summed E-state index contributed by atoms with van der Waals surface area (Å²) < 4.78 is 11.6. The molecule has 6 nitrogen and oxygen atoms in total. The molecule has 18 heavy (non-hydrogen) atoms. The summed E-state index contributed by atoms with van der Waals surface area (Å²) in [6.45, 7) is 3.77. The van der Waals surface area contributed by atoms with Crippen molar-refractivity contribution >= 4 is 5.97 Å². The van der Waals surface area contributed by atoms with E-state index in [9.17, 15) is 4.79 Å². The Labute approximate surface area is 107 Å². The van der Waals surface area contributed by atoms with Gasteiger partial charge in [0.2, 0.25) is 0 Å². The van der Waals surface area contributed by atoms with Gasteiger partial charge in [-0.25, -0.2) is 0 Å². The Kier molecular flexibility index (Phi) is 7.05. The fourth-order valence-electron chi connectivity index (χ4n) is 1.58. The van der Waals surface area contributed by atoms with E-state index in [0.717, 1.165) is 19.6 Å². The maximum absolute atomic E-state index is 11.1. The Balaban J connectivity index is 2.32. The summed E-state index contributed by atoms with van der Waals surface area (Å²) in [5, 5.41) is 4.15. The lowest BCUT2D eigenvalue weighted by Crippen LogP contribution is -2.33. The summed E-state index contributed by atoms with van der Waals surface area (Å²) >= 11 is 0. The summed E-state index contributed by atoms with van der Waals surface area (Å²) in [5.41, 5.74) is 0. The number of hydrogen-bond donors (Lipinski definition) is 0. The molecule has 0 N–H and O–H groups in total. The molecule has 1 heterocycles. The highest BCUT2D eigenvalue weighted by Crippen LogP contribution is 1.96. The zero-order valence-corrected chi connectivity index (χ0v) is 11.0. The molecule has 0 aliphatic carbocycles. The van der Waals surface area contributed by atoms with Crippen molar-refractivity contribution in [3.05, 3.63) is 18.5 Å². The molecular weight excluding hydrogens is 234 g/mol. The Morgan fingerprint density at radius 1 is 1.33 bits per heavy atom. The SMILES string of the molecule is COCCN(CCC(=O)OC)CCn1cccn1. The topological polar surface area (TPSA) is 56.6 Å². The number of carbonyl (C=O) groups excluding carboxylic acids is 1. The molecule has 0 atom stereocenters. The fraction of sp³-hybridized carbons (Fsp3) is 0.667. The molecule has 0 aliphatic heterocycles. The molecule has 1 aromatic rings. The second-order valence-electron chi connectivity index (χ2n) is 3.93. The predicted octanol–water partition coefficient (Wildman–Crippen LogP) is 0.395. The van der Waals surface area contributed by atoms with Gasteiger partial charge in [0.25, 0.3) is 0 Å². The quantitative estimate of drug-likeness (QED) is 0.598. The lowest BCUT2D eigenvalue weighted by atomic mass is 10.3. The van der Waals surface area contributed by atoms with Crippen LogP contribution in [0.2, 0.25) is 0 Å². The van der Waals surface area contributed by atoms with Crippen LogP contribution in [0.5, 0.6) is 0 Å². The van der Waals surface area contributed by atoms with E-state index in [1.807, 2.05) is 16.9 Å². The number of methoxy groups -OCH3 is 2. The van der Waals surface area contributed by atoms with Crippen molar-refractivity contribution in [2.24, 2.45) is 0 Å². The highest BCUT2D eigenvalue weighted by molar-refractivity contribution is 5.69. The number of rotatable bonds is 9. The molecule has 0 aliphatic rings. The van der Waals surface area contributed by atoms with Crippen molar-refractivity contribution in [1.29, 1.82) is 0 Å². The van der Waals surface area contributed by atoms with Crippen LogP contribution in [0.3, 0.4) is 0 Å². The Bertz CT molecular complexity index is 327. The van der Waals surface area contributed by atoms with Crippen molar-refractivity contribution < 1.29 is 14.3 Å². The van der Waals surface area contributed by atoms with Gasteiger partial charge in [-0.15, -0.1) is 0 Å². The monoisotopic (exact) mass is 255 g/mol. The van der Waals surface area contributed by atoms with E-state index < -0.39 is 0 Å². The summed E-state index contributed by atoms with van der Waals surface area (Å²) in [5.74, 6) is -0.184. The number of hydrogen-bond acceptors (Lipinski definition) is 5. The molecule has 0 radical (unpaired) electrons. The molecule has 0 unspecified atom stereocenters. The zero-order chi connectivity index (χ0) is 13.2. The van der Waals surface area contributed by atoms with Gasteiger partial charge in [-0.3, -0.25) is 14.4 Å². The van der Waals surface area contributed by atoms with Crippen molar-refractivity contribution in [1.82, 2.24) is 14.7 Å². The van der Waals surface area contributed by atoms with Gasteiger partial charge >= 0.3 is 5.97 Å². The number of ether oxygens (including phenoxy) is 2. The number of esters is 1. The van der Waals surface area contributed by atoms with Crippen molar-refractivity contribution in [2.75, 3.05) is 40.5 Å². The van der Waals surface area contributed by atoms with Crippen LogP contribution in [0.15, 0.2) is 18.5 Å². The third-order valence-electron chi connectivity index (χ3n) is 2.68. The van der Waals surface area contributed by atoms with Gasteiger partial charge in [-0.1, -0.05) is 0 Å². The highest BCUT2D eigenvalue weighted by atomic mass is 16.5. The Morgan fingerprint density at radius 3 is 2.78 bits per heavy atom. The average molecular weight is 255 g/mol. The second-order valence-corrected chi connectivity index (χ2v) is 3.93. The smallest absolute Gasteiger partial charge is 0.306 e. The second kappa shape index (κ2) is 8.66. The van der Waals surface area contributed by atoms with E-state index in [0.29, 0.717) is 19.6 Å². The molecule has 1 rings (SSSR count). The Morgan fingerprint density at radius 2 is 2.17 bits per heavy atom. The zero-order valence-electron chi connectivity index (χ0n) is 11.0. The third-order valence-corrected chi connectivity index (χ3v) is 2.68. The minimum atomic E-state index is -0.184. The van der Waals surface area contributed by atoms with Gasteiger partial charge < -0.3 is 9.47 Å². The van der Waals surface area contributed by atoms with Gasteiger partial charge in [-0.05, 0) is 6.07 Å². The fourth-order valence-corrected chi connectivity index (χ4v) is 1.58. The highest BCUT2D eigenvalue weighted by Gasteiger charge is 2.08. The molecule has 102 valence electrons. The van der Waals surface area contributed by atoms with Gasteiger partial charge in [-0.2, -0.15) is 5.10 Å². The van der Waals surface area contributed by atoms with Gasteiger partial charge in [0.15, 0.2) is 0 Å². The summed E-state index contributed by atoms with van der Waals surface area (Å²) in [6, 6.07) is 1.90. The summed E-state index contributed by atoms with van der Waals surface area (Å²) in [7, 11) is 3.08. The lowest BCUT2D eigenvalue weighted by Gasteiger charge is -2.21. The van der Waals surface area contributed by atoms with Crippen molar-refractivity contribution in [3.8, 4) is 0 Å². The van der Waals surface area contributed by atoms with E-state index in [1.165, 1.54) is 7.11 Å². The van der Waals surface area contributed by atoms with Crippen LogP contribution in [0, 0.1) is 0 Å². The Hall–Kier alpha value is -1.40. The minimum absolute atomic E-state index is 0.184. The number of carbonyl (C=O) groups is 1.